The van der Waals surface area contributed by atoms with Crippen LogP contribution in [0, 0.1) is 0 Å². The van der Waals surface area contributed by atoms with Gasteiger partial charge in [-0.05, 0) is 85.2 Å². The van der Waals surface area contributed by atoms with Crippen LogP contribution in [0.5, 0.6) is 0 Å². The van der Waals surface area contributed by atoms with E-state index in [9.17, 15) is 0 Å². The molecule has 7 heteroatoms. The summed E-state index contributed by atoms with van der Waals surface area (Å²) in [4.78, 5) is 13.8. The molecule has 1 N–H and O–H groups in total. The van der Waals surface area contributed by atoms with Crippen molar-refractivity contribution >= 4 is 46.3 Å². The maximum absolute atomic E-state index is 6.54. The van der Waals surface area contributed by atoms with Crippen LogP contribution in [0.15, 0.2) is 36.5 Å². The van der Waals surface area contributed by atoms with Gasteiger partial charge in [-0.25, -0.2) is 4.98 Å². The Kier molecular flexibility index (Phi) is 5.01. The molecule has 0 spiro atoms. The molecule has 1 fully saturated rings. The number of benzene rings is 2. The maximum Gasteiger partial charge on any atom is 0.229 e. The number of aromatic nitrogens is 2. The van der Waals surface area contributed by atoms with Crippen molar-refractivity contribution in [3.63, 3.8) is 0 Å². The lowest BCUT2D eigenvalue weighted by molar-refractivity contribution is 0.312. The number of anilines is 4. The monoisotopic (exact) mass is 465 g/mol. The van der Waals surface area contributed by atoms with E-state index in [2.05, 4.69) is 45.3 Å². The minimum absolute atomic E-state index is 0.536. The number of hydrogen-bond acceptors (Lipinski definition) is 5. The standard InChI is InChI=1S/C25H25Cl2N5/c1-31-8-7-20-17(14-31)10-19(12-21(20)15-2-3-15)29-25-28-13-22(27)24(30-25)32-9-6-16-4-5-18(26)11-23(16)32/h4-5,10-13,15H,2-3,6-9,14H2,1H3,(H,28,29,30). The van der Waals surface area contributed by atoms with Crippen molar-refractivity contribution in [3.8, 4) is 0 Å². The average molecular weight is 466 g/mol. The number of rotatable bonds is 4. The van der Waals surface area contributed by atoms with Gasteiger partial charge in [0.1, 0.15) is 5.02 Å². The second-order valence-corrected chi connectivity index (χ2v) is 9.97. The number of halogens is 2. The van der Waals surface area contributed by atoms with Crippen LogP contribution in [-0.2, 0) is 19.4 Å². The molecule has 1 aromatic heterocycles. The first-order chi connectivity index (χ1) is 15.5. The fourth-order valence-electron chi connectivity index (χ4n) is 5.01. The molecular weight excluding hydrogens is 441 g/mol. The van der Waals surface area contributed by atoms with Crippen LogP contribution in [0.25, 0.3) is 0 Å². The molecule has 5 nitrogen and oxygen atoms in total. The normalized spacial score (nSPS) is 17.9. The fourth-order valence-corrected chi connectivity index (χ4v) is 5.37. The third-order valence-electron chi connectivity index (χ3n) is 6.76. The molecule has 0 radical (unpaired) electrons. The zero-order valence-electron chi connectivity index (χ0n) is 18.0. The molecule has 3 aliphatic rings. The first-order valence-corrected chi connectivity index (χ1v) is 12.0. The summed E-state index contributed by atoms with van der Waals surface area (Å²) in [6.07, 6.45) is 6.35. The van der Waals surface area contributed by atoms with Gasteiger partial charge in [0.05, 0.1) is 6.20 Å². The quantitative estimate of drug-likeness (QED) is 0.505. The summed E-state index contributed by atoms with van der Waals surface area (Å²) in [5, 5.41) is 4.72. The molecular formula is C25H25Cl2N5. The fraction of sp³-hybridized carbons (Fsp3) is 0.360. The number of likely N-dealkylation sites (N-methyl/N-ethyl adjacent to an activating group) is 1. The molecule has 1 aliphatic carbocycles. The molecule has 2 aromatic carbocycles. The highest BCUT2D eigenvalue weighted by atomic mass is 35.5. The predicted octanol–water partition coefficient (Wildman–Crippen LogP) is 6.09. The minimum atomic E-state index is 0.536. The molecule has 1 saturated carbocycles. The average Bonchev–Trinajstić information content (AvgIpc) is 3.54. The maximum atomic E-state index is 6.54. The lowest BCUT2D eigenvalue weighted by Gasteiger charge is -2.28. The molecule has 3 aromatic rings. The number of fused-ring (bicyclic) bond motifs is 2. The van der Waals surface area contributed by atoms with E-state index in [0.29, 0.717) is 27.7 Å². The van der Waals surface area contributed by atoms with Crippen LogP contribution < -0.4 is 10.2 Å². The van der Waals surface area contributed by atoms with Gasteiger partial charge in [0, 0.05) is 36.0 Å². The highest BCUT2D eigenvalue weighted by molar-refractivity contribution is 6.33. The van der Waals surface area contributed by atoms with Crippen molar-refractivity contribution in [1.82, 2.24) is 14.9 Å². The van der Waals surface area contributed by atoms with Crippen molar-refractivity contribution < 1.29 is 0 Å². The third-order valence-corrected chi connectivity index (χ3v) is 7.26. The molecule has 0 unspecified atom stereocenters. The van der Waals surface area contributed by atoms with Gasteiger partial charge in [0.2, 0.25) is 5.95 Å². The van der Waals surface area contributed by atoms with Crippen LogP contribution in [0.3, 0.4) is 0 Å². The minimum Gasteiger partial charge on any atom is -0.324 e. The van der Waals surface area contributed by atoms with Crippen LogP contribution in [0.2, 0.25) is 10.0 Å². The molecule has 32 heavy (non-hydrogen) atoms. The first kappa shape index (κ1) is 20.3. The predicted molar refractivity (Wildman–Crippen MR) is 131 cm³/mol. The first-order valence-electron chi connectivity index (χ1n) is 11.2. The molecule has 0 amide bonds. The van der Waals surface area contributed by atoms with E-state index >= 15 is 0 Å². The van der Waals surface area contributed by atoms with Crippen LogP contribution in [0.1, 0.15) is 41.0 Å². The zero-order chi connectivity index (χ0) is 21.8. The molecule has 6 rings (SSSR count). The lowest BCUT2D eigenvalue weighted by atomic mass is 9.91. The lowest BCUT2D eigenvalue weighted by Crippen LogP contribution is -2.27. The van der Waals surface area contributed by atoms with Gasteiger partial charge in [0.15, 0.2) is 5.82 Å². The van der Waals surface area contributed by atoms with Gasteiger partial charge >= 0.3 is 0 Å². The van der Waals surface area contributed by atoms with Crippen molar-refractivity contribution in [2.75, 3.05) is 30.4 Å². The van der Waals surface area contributed by atoms with Gasteiger partial charge in [-0.1, -0.05) is 29.3 Å². The van der Waals surface area contributed by atoms with Gasteiger partial charge in [-0.15, -0.1) is 0 Å². The Balaban J connectivity index is 1.34. The van der Waals surface area contributed by atoms with Crippen LogP contribution >= 0.6 is 23.2 Å². The largest absolute Gasteiger partial charge is 0.324 e. The molecule has 2 aliphatic heterocycles. The van der Waals surface area contributed by atoms with Gasteiger partial charge < -0.3 is 15.1 Å². The van der Waals surface area contributed by atoms with Gasteiger partial charge in [-0.3, -0.25) is 0 Å². The Hall–Kier alpha value is -2.34. The van der Waals surface area contributed by atoms with Crippen molar-refractivity contribution in [2.24, 2.45) is 0 Å². The van der Waals surface area contributed by atoms with E-state index in [1.807, 2.05) is 12.1 Å². The second kappa shape index (κ2) is 7.91. The van der Waals surface area contributed by atoms with Gasteiger partial charge in [0.25, 0.3) is 0 Å². The highest BCUT2D eigenvalue weighted by Gasteiger charge is 2.29. The Morgan fingerprint density at radius 1 is 1.03 bits per heavy atom. The summed E-state index contributed by atoms with van der Waals surface area (Å²) in [6, 6.07) is 10.6. The second-order valence-electron chi connectivity index (χ2n) is 9.13. The number of nitrogens with one attached hydrogen (secondary N) is 1. The molecule has 3 heterocycles. The van der Waals surface area contributed by atoms with Gasteiger partial charge in [-0.2, -0.15) is 4.98 Å². The number of nitrogens with zero attached hydrogens (tertiary/aromatic N) is 4. The Labute approximate surface area is 198 Å². The Bertz CT molecular complexity index is 1210. The Morgan fingerprint density at radius 2 is 1.91 bits per heavy atom. The van der Waals surface area contributed by atoms with Crippen LogP contribution in [0.4, 0.5) is 23.1 Å². The van der Waals surface area contributed by atoms with E-state index in [4.69, 9.17) is 28.2 Å². The van der Waals surface area contributed by atoms with Crippen molar-refractivity contribution in [1.29, 1.82) is 0 Å². The van der Waals surface area contributed by atoms with Crippen molar-refractivity contribution in [3.05, 3.63) is 68.8 Å². The van der Waals surface area contributed by atoms with E-state index in [-0.39, 0.29) is 0 Å². The van der Waals surface area contributed by atoms with E-state index in [1.54, 1.807) is 11.8 Å². The SMILES string of the molecule is CN1CCc2c(cc(Nc3ncc(Cl)c(N4CCc5ccc(Cl)cc54)n3)cc2C2CC2)C1. The summed E-state index contributed by atoms with van der Waals surface area (Å²) in [7, 11) is 2.19. The summed E-state index contributed by atoms with van der Waals surface area (Å²) < 4.78 is 0. The molecule has 0 atom stereocenters. The molecule has 0 bridgehead atoms. The van der Waals surface area contributed by atoms with E-state index in [1.165, 1.54) is 29.5 Å². The summed E-state index contributed by atoms with van der Waals surface area (Å²) in [5.74, 6) is 1.98. The smallest absolute Gasteiger partial charge is 0.229 e. The Morgan fingerprint density at radius 3 is 2.75 bits per heavy atom. The summed E-state index contributed by atoms with van der Waals surface area (Å²) in [6.45, 7) is 2.94. The summed E-state index contributed by atoms with van der Waals surface area (Å²) >= 11 is 12.8. The molecule has 164 valence electrons. The third kappa shape index (κ3) is 3.72. The van der Waals surface area contributed by atoms with E-state index < -0.39 is 0 Å². The zero-order valence-corrected chi connectivity index (χ0v) is 19.5. The molecule has 0 saturated heterocycles. The van der Waals surface area contributed by atoms with Crippen LogP contribution in [-0.4, -0.2) is 35.0 Å². The number of hydrogen-bond donors (Lipinski definition) is 1. The highest BCUT2D eigenvalue weighted by Crippen LogP contribution is 2.45. The van der Waals surface area contributed by atoms with E-state index in [0.717, 1.165) is 43.9 Å². The summed E-state index contributed by atoms with van der Waals surface area (Å²) in [5.41, 5.74) is 7.86. The topological polar surface area (TPSA) is 44.3 Å². The van der Waals surface area contributed by atoms with Crippen molar-refractivity contribution in [2.45, 2.75) is 38.1 Å².